The summed E-state index contributed by atoms with van der Waals surface area (Å²) in [5.74, 6) is 0.944. The number of amides is 1. The minimum absolute atomic E-state index is 0.156. The van der Waals surface area contributed by atoms with Gasteiger partial charge in [0.2, 0.25) is 5.91 Å². The van der Waals surface area contributed by atoms with Crippen molar-refractivity contribution in [3.63, 3.8) is 0 Å². The molecule has 1 amide bonds. The van der Waals surface area contributed by atoms with E-state index in [0.29, 0.717) is 6.04 Å². The van der Waals surface area contributed by atoms with E-state index < -0.39 is 0 Å². The maximum atomic E-state index is 12.7. The molecule has 1 saturated carbocycles. The van der Waals surface area contributed by atoms with Gasteiger partial charge in [0, 0.05) is 12.6 Å². The van der Waals surface area contributed by atoms with Gasteiger partial charge in [-0.1, -0.05) is 50.5 Å². The number of hydrogen-bond donors (Lipinski definition) is 2. The normalized spacial score (nSPS) is 28.7. The molecule has 3 rings (SSSR count). The van der Waals surface area contributed by atoms with Gasteiger partial charge in [-0.3, -0.25) is 4.79 Å². The zero-order valence-corrected chi connectivity index (χ0v) is 12.9. The molecule has 3 atom stereocenters. The van der Waals surface area contributed by atoms with E-state index in [1.165, 1.54) is 24.8 Å². The quantitative estimate of drug-likeness (QED) is 0.897. The van der Waals surface area contributed by atoms with Crippen molar-refractivity contribution in [2.45, 2.75) is 57.5 Å². The summed E-state index contributed by atoms with van der Waals surface area (Å²) in [6.45, 7) is 3.14. The van der Waals surface area contributed by atoms with E-state index in [0.717, 1.165) is 37.3 Å². The van der Waals surface area contributed by atoms with Crippen LogP contribution in [0.5, 0.6) is 0 Å². The van der Waals surface area contributed by atoms with Crippen LogP contribution in [0.15, 0.2) is 24.3 Å². The second kappa shape index (κ2) is 6.61. The molecule has 114 valence electrons. The number of nitrogens with one attached hydrogen (secondary N) is 2. The average Bonchev–Trinajstić information content (AvgIpc) is 2.54. The molecule has 0 saturated heterocycles. The third kappa shape index (κ3) is 3.29. The van der Waals surface area contributed by atoms with Crippen LogP contribution in [0.25, 0.3) is 0 Å². The van der Waals surface area contributed by atoms with Crippen molar-refractivity contribution in [3.8, 4) is 0 Å². The third-order valence-corrected chi connectivity index (χ3v) is 5.08. The summed E-state index contributed by atoms with van der Waals surface area (Å²) in [6.07, 6.45) is 7.11. The van der Waals surface area contributed by atoms with Crippen LogP contribution in [0.1, 0.15) is 56.2 Å². The molecule has 1 aliphatic heterocycles. The minimum Gasteiger partial charge on any atom is -0.352 e. The molecule has 1 aromatic carbocycles. The molecule has 1 aromatic rings. The Bertz CT molecular complexity index is 500. The summed E-state index contributed by atoms with van der Waals surface area (Å²) >= 11 is 0. The number of rotatable bonds is 3. The highest BCUT2D eigenvalue weighted by Crippen LogP contribution is 2.28. The fourth-order valence-corrected chi connectivity index (χ4v) is 3.82. The van der Waals surface area contributed by atoms with Gasteiger partial charge in [0.1, 0.15) is 6.04 Å². The van der Waals surface area contributed by atoms with Gasteiger partial charge in [0.25, 0.3) is 0 Å². The molecule has 1 fully saturated rings. The summed E-state index contributed by atoms with van der Waals surface area (Å²) in [4.78, 5) is 12.7. The van der Waals surface area contributed by atoms with Crippen LogP contribution in [0.3, 0.4) is 0 Å². The summed E-state index contributed by atoms with van der Waals surface area (Å²) in [7, 11) is 0. The Hall–Kier alpha value is -1.35. The highest BCUT2D eigenvalue weighted by atomic mass is 16.2. The highest BCUT2D eigenvalue weighted by Gasteiger charge is 2.29. The van der Waals surface area contributed by atoms with Gasteiger partial charge in [0.05, 0.1) is 0 Å². The van der Waals surface area contributed by atoms with Crippen molar-refractivity contribution >= 4 is 5.91 Å². The topological polar surface area (TPSA) is 41.1 Å². The van der Waals surface area contributed by atoms with Crippen molar-refractivity contribution in [2.24, 2.45) is 5.92 Å². The van der Waals surface area contributed by atoms with Crippen molar-refractivity contribution in [2.75, 3.05) is 6.54 Å². The number of carbonyl (C=O) groups excluding carboxylic acids is 1. The Balaban J connectivity index is 1.66. The molecule has 3 unspecified atom stereocenters. The zero-order valence-electron chi connectivity index (χ0n) is 12.9. The second-order valence-electron chi connectivity index (χ2n) is 6.48. The number of fused-ring (bicyclic) bond motifs is 1. The molecule has 0 radical (unpaired) electrons. The standard InChI is InChI=1S/C18H26N2O/c1-2-13-6-5-8-15(12-13)20-18(21)17-16-9-4-3-7-14(16)10-11-19-17/h3-4,7,9,13,15,17,19H,2,5-6,8,10-12H2,1H3,(H,20,21). The first-order valence-electron chi connectivity index (χ1n) is 8.39. The Kier molecular flexibility index (Phi) is 4.59. The summed E-state index contributed by atoms with van der Waals surface area (Å²) in [5, 5.41) is 6.67. The van der Waals surface area contributed by atoms with Crippen molar-refractivity contribution in [1.29, 1.82) is 0 Å². The molecule has 0 bridgehead atoms. The minimum atomic E-state index is -0.169. The SMILES string of the molecule is CCC1CCCC(NC(=O)C2NCCc3ccccc32)C1. The van der Waals surface area contributed by atoms with Crippen LogP contribution < -0.4 is 10.6 Å². The van der Waals surface area contributed by atoms with Crippen LogP contribution in [0.2, 0.25) is 0 Å². The lowest BCUT2D eigenvalue weighted by Crippen LogP contribution is -2.46. The van der Waals surface area contributed by atoms with Gasteiger partial charge in [-0.15, -0.1) is 0 Å². The van der Waals surface area contributed by atoms with Crippen LogP contribution >= 0.6 is 0 Å². The Morgan fingerprint density at radius 3 is 3.05 bits per heavy atom. The maximum absolute atomic E-state index is 12.7. The fourth-order valence-electron chi connectivity index (χ4n) is 3.82. The predicted molar refractivity (Wildman–Crippen MR) is 85.1 cm³/mol. The van der Waals surface area contributed by atoms with Gasteiger partial charge in [-0.2, -0.15) is 0 Å². The van der Waals surface area contributed by atoms with Crippen LogP contribution in [0, 0.1) is 5.92 Å². The van der Waals surface area contributed by atoms with Crippen LogP contribution in [-0.2, 0) is 11.2 Å². The number of hydrogen-bond acceptors (Lipinski definition) is 2. The maximum Gasteiger partial charge on any atom is 0.241 e. The van der Waals surface area contributed by atoms with Crippen LogP contribution in [0.4, 0.5) is 0 Å². The molecular formula is C18H26N2O. The molecule has 3 heteroatoms. The molecule has 1 aliphatic carbocycles. The van der Waals surface area contributed by atoms with Gasteiger partial charge in [-0.05, 0) is 36.3 Å². The molecular weight excluding hydrogens is 260 g/mol. The van der Waals surface area contributed by atoms with E-state index in [1.807, 2.05) is 6.07 Å². The number of carbonyl (C=O) groups is 1. The van der Waals surface area contributed by atoms with E-state index >= 15 is 0 Å². The molecule has 2 N–H and O–H groups in total. The van der Waals surface area contributed by atoms with Gasteiger partial charge in [0.15, 0.2) is 0 Å². The molecule has 0 spiro atoms. The molecule has 2 aliphatic rings. The first kappa shape index (κ1) is 14.6. The summed E-state index contributed by atoms with van der Waals surface area (Å²) < 4.78 is 0. The van der Waals surface area contributed by atoms with Crippen LogP contribution in [-0.4, -0.2) is 18.5 Å². The molecule has 0 aromatic heterocycles. The average molecular weight is 286 g/mol. The lowest BCUT2D eigenvalue weighted by Gasteiger charge is -2.32. The lowest BCUT2D eigenvalue weighted by molar-refractivity contribution is -0.124. The highest BCUT2D eigenvalue weighted by molar-refractivity contribution is 5.84. The van der Waals surface area contributed by atoms with Crippen molar-refractivity contribution in [3.05, 3.63) is 35.4 Å². The van der Waals surface area contributed by atoms with E-state index in [9.17, 15) is 4.79 Å². The number of benzene rings is 1. The molecule has 1 heterocycles. The van der Waals surface area contributed by atoms with E-state index in [-0.39, 0.29) is 11.9 Å². The first-order valence-corrected chi connectivity index (χ1v) is 8.39. The van der Waals surface area contributed by atoms with Crippen molar-refractivity contribution < 1.29 is 4.79 Å². The summed E-state index contributed by atoms with van der Waals surface area (Å²) in [5.41, 5.74) is 2.47. The largest absolute Gasteiger partial charge is 0.352 e. The van der Waals surface area contributed by atoms with Gasteiger partial charge >= 0.3 is 0 Å². The van der Waals surface area contributed by atoms with Crippen molar-refractivity contribution in [1.82, 2.24) is 10.6 Å². The smallest absolute Gasteiger partial charge is 0.241 e. The lowest BCUT2D eigenvalue weighted by atomic mass is 9.84. The Morgan fingerprint density at radius 2 is 2.19 bits per heavy atom. The Labute approximate surface area is 127 Å². The first-order chi connectivity index (χ1) is 10.3. The zero-order chi connectivity index (χ0) is 14.7. The molecule has 21 heavy (non-hydrogen) atoms. The van der Waals surface area contributed by atoms with E-state index in [1.54, 1.807) is 0 Å². The van der Waals surface area contributed by atoms with E-state index in [4.69, 9.17) is 0 Å². The fraction of sp³-hybridized carbons (Fsp3) is 0.611. The van der Waals surface area contributed by atoms with E-state index in [2.05, 4.69) is 35.8 Å². The summed E-state index contributed by atoms with van der Waals surface area (Å²) in [6, 6.07) is 8.52. The third-order valence-electron chi connectivity index (χ3n) is 5.08. The Morgan fingerprint density at radius 1 is 1.33 bits per heavy atom. The van der Waals surface area contributed by atoms with Gasteiger partial charge < -0.3 is 10.6 Å². The predicted octanol–water partition coefficient (Wildman–Crippen LogP) is 2.96. The van der Waals surface area contributed by atoms with Gasteiger partial charge in [-0.25, -0.2) is 0 Å². The monoisotopic (exact) mass is 286 g/mol. The second-order valence-corrected chi connectivity index (χ2v) is 6.48. The molecule has 3 nitrogen and oxygen atoms in total.